The number of rotatable bonds is 6. The molecule has 2 aromatic carbocycles. The van der Waals surface area contributed by atoms with Gasteiger partial charge in [0.15, 0.2) is 5.75 Å². The molecule has 4 rings (SSSR count). The molecule has 0 aliphatic heterocycles. The molecule has 2 aromatic heterocycles. The minimum absolute atomic E-state index is 0.0352. The van der Waals surface area contributed by atoms with Crippen LogP contribution in [0.15, 0.2) is 36.4 Å². The van der Waals surface area contributed by atoms with Crippen LogP contribution in [0.2, 0.25) is 0 Å². The molecule has 0 aliphatic rings. The molecule has 0 atom stereocenters. The van der Waals surface area contributed by atoms with Crippen LogP contribution in [-0.2, 0) is 20.1 Å². The second kappa shape index (κ2) is 8.09. The molecule has 4 aromatic rings. The number of nitrogens with two attached hydrogens (primary N) is 1. The fourth-order valence-corrected chi connectivity index (χ4v) is 5.10. The lowest BCUT2D eigenvalue weighted by Gasteiger charge is -2.12. The van der Waals surface area contributed by atoms with Crippen molar-refractivity contribution >= 4 is 37.1 Å². The Kier molecular flexibility index (Phi) is 5.64. The smallest absolute Gasteiger partial charge is 0.306 e. The first kappa shape index (κ1) is 23.7. The topological polar surface area (TPSA) is 150 Å². The minimum Gasteiger partial charge on any atom is -0.380 e. The summed E-state index contributed by atoms with van der Waals surface area (Å²) >= 11 is 0. The summed E-state index contributed by atoms with van der Waals surface area (Å²) in [6, 6.07) is 8.60. The van der Waals surface area contributed by atoms with Gasteiger partial charge in [-0.1, -0.05) is 0 Å². The number of imidazole rings is 2. The highest BCUT2D eigenvalue weighted by molar-refractivity contribution is 7.90. The molecule has 0 saturated carbocycles. The Morgan fingerprint density at radius 2 is 1.71 bits per heavy atom. The fraction of sp³-hybridized carbons (Fsp3) is 0.238. The quantitative estimate of drug-likeness (QED) is 0.378. The summed E-state index contributed by atoms with van der Waals surface area (Å²) in [7, 11) is -7.95. The monoisotopic (exact) mass is 507 g/mol. The lowest BCUT2D eigenvalue weighted by molar-refractivity contribution is 0.495. The maximum atomic E-state index is 13.5. The molecule has 3 N–H and O–H groups in total. The van der Waals surface area contributed by atoms with Crippen LogP contribution in [-0.4, -0.2) is 47.3 Å². The third-order valence-corrected chi connectivity index (χ3v) is 7.59. The lowest BCUT2D eigenvalue weighted by atomic mass is 10.0. The maximum absolute atomic E-state index is 13.5. The first-order valence-corrected chi connectivity index (χ1v) is 13.4. The zero-order valence-corrected chi connectivity index (χ0v) is 20.3. The van der Waals surface area contributed by atoms with E-state index in [2.05, 4.69) is 15.0 Å². The number of hydrogen-bond donors (Lipinski definition) is 2. The molecule has 180 valence electrons. The second-order valence-electron chi connectivity index (χ2n) is 8.01. The lowest BCUT2D eigenvalue weighted by Crippen LogP contribution is -2.23. The van der Waals surface area contributed by atoms with Crippen LogP contribution in [0, 0.1) is 12.7 Å². The average molecular weight is 508 g/mol. The number of fused-ring (bicyclic) bond motifs is 1. The first-order valence-electron chi connectivity index (χ1n) is 10.1. The van der Waals surface area contributed by atoms with Crippen LogP contribution in [0.25, 0.3) is 33.5 Å². The van der Waals surface area contributed by atoms with E-state index < -0.39 is 31.2 Å². The summed E-state index contributed by atoms with van der Waals surface area (Å²) in [6.07, 6.45) is 0.860. The number of H-pyrrole nitrogens is 1. The van der Waals surface area contributed by atoms with Gasteiger partial charge >= 0.3 is 10.1 Å². The van der Waals surface area contributed by atoms with Crippen LogP contribution in [0.5, 0.6) is 5.75 Å². The molecule has 10 nitrogen and oxygen atoms in total. The average Bonchev–Trinajstić information content (AvgIpc) is 3.27. The molecule has 0 bridgehead atoms. The van der Waals surface area contributed by atoms with Gasteiger partial charge in [0.1, 0.15) is 17.2 Å². The largest absolute Gasteiger partial charge is 0.380 e. The van der Waals surface area contributed by atoms with Crippen LogP contribution < -0.4 is 9.92 Å². The van der Waals surface area contributed by atoms with E-state index >= 15 is 0 Å². The Bertz CT molecular complexity index is 1620. The normalized spacial score (nSPS) is 12.5. The minimum atomic E-state index is -3.99. The van der Waals surface area contributed by atoms with Crippen molar-refractivity contribution in [2.75, 3.05) is 12.0 Å². The van der Waals surface area contributed by atoms with Gasteiger partial charge in [-0.3, -0.25) is 0 Å². The van der Waals surface area contributed by atoms with Gasteiger partial charge in [-0.2, -0.15) is 8.42 Å². The van der Waals surface area contributed by atoms with Crippen LogP contribution in [0.1, 0.15) is 19.7 Å². The number of aryl methyl sites for hydroxylation is 1. The van der Waals surface area contributed by atoms with Crippen molar-refractivity contribution < 1.29 is 25.4 Å². The van der Waals surface area contributed by atoms with Crippen molar-refractivity contribution in [2.24, 2.45) is 0 Å². The number of anilines is 1. The fourth-order valence-electron chi connectivity index (χ4n) is 3.51. The second-order valence-corrected chi connectivity index (χ2v) is 11.9. The number of benzene rings is 2. The van der Waals surface area contributed by atoms with Crippen LogP contribution in [0.4, 0.5) is 10.3 Å². The molecule has 0 radical (unpaired) electrons. The Morgan fingerprint density at radius 3 is 2.29 bits per heavy atom. The number of aromatic nitrogens is 4. The van der Waals surface area contributed by atoms with E-state index in [0.29, 0.717) is 28.3 Å². The SMILES string of the molecule is Cc1nc(-c2cc(OS(C)(=O)=O)c3nc(N)n(S(=O)(=O)C(C)C)c3c2)c(-c2ccc(F)cc2)[nH]1. The number of nitrogens with one attached hydrogen (secondary N) is 1. The van der Waals surface area contributed by atoms with Crippen molar-refractivity contribution in [1.29, 1.82) is 0 Å². The predicted molar refractivity (Wildman–Crippen MR) is 127 cm³/mol. The van der Waals surface area contributed by atoms with Gasteiger partial charge in [0.2, 0.25) is 16.0 Å². The van der Waals surface area contributed by atoms with Crippen molar-refractivity contribution in [3.63, 3.8) is 0 Å². The number of aromatic amines is 1. The molecule has 34 heavy (non-hydrogen) atoms. The summed E-state index contributed by atoms with van der Waals surface area (Å²) in [6.45, 7) is 4.69. The molecule has 0 spiro atoms. The van der Waals surface area contributed by atoms with E-state index in [-0.39, 0.29) is 22.7 Å². The summed E-state index contributed by atoms with van der Waals surface area (Å²) in [5.41, 5.74) is 7.80. The maximum Gasteiger partial charge on any atom is 0.306 e. The third-order valence-electron chi connectivity index (χ3n) is 5.03. The predicted octanol–water partition coefficient (Wildman–Crippen LogP) is 3.05. The van der Waals surface area contributed by atoms with Crippen molar-refractivity contribution in [3.05, 3.63) is 48.0 Å². The molecule has 0 aliphatic carbocycles. The molecule has 0 saturated heterocycles. The van der Waals surface area contributed by atoms with E-state index in [9.17, 15) is 21.2 Å². The molecule has 0 amide bonds. The number of nitrogen functional groups attached to an aromatic ring is 1. The van der Waals surface area contributed by atoms with Crippen molar-refractivity contribution in [1.82, 2.24) is 18.9 Å². The van der Waals surface area contributed by atoms with E-state index in [1.54, 1.807) is 19.1 Å². The van der Waals surface area contributed by atoms with Gasteiger partial charge in [-0.25, -0.2) is 26.7 Å². The van der Waals surface area contributed by atoms with Crippen molar-refractivity contribution in [2.45, 2.75) is 26.0 Å². The van der Waals surface area contributed by atoms with Crippen LogP contribution >= 0.6 is 0 Å². The number of hydrogen-bond acceptors (Lipinski definition) is 8. The van der Waals surface area contributed by atoms with Gasteiger partial charge in [-0.15, -0.1) is 0 Å². The van der Waals surface area contributed by atoms with E-state index in [1.807, 2.05) is 0 Å². The van der Waals surface area contributed by atoms with E-state index in [4.69, 9.17) is 9.92 Å². The summed E-state index contributed by atoms with van der Waals surface area (Å²) < 4.78 is 69.4. The third kappa shape index (κ3) is 4.23. The van der Waals surface area contributed by atoms with Gasteiger partial charge in [0.05, 0.1) is 28.4 Å². The zero-order valence-electron chi connectivity index (χ0n) is 18.7. The van der Waals surface area contributed by atoms with Gasteiger partial charge in [-0.05, 0) is 57.2 Å². The Hall–Kier alpha value is -3.45. The van der Waals surface area contributed by atoms with Crippen LogP contribution in [0.3, 0.4) is 0 Å². The van der Waals surface area contributed by atoms with Gasteiger partial charge in [0, 0.05) is 11.1 Å². The number of nitrogens with zero attached hydrogens (tertiary/aromatic N) is 3. The van der Waals surface area contributed by atoms with Crippen molar-refractivity contribution in [3.8, 4) is 28.3 Å². The first-order chi connectivity index (χ1) is 15.8. The molecule has 0 fully saturated rings. The zero-order chi connectivity index (χ0) is 25.0. The van der Waals surface area contributed by atoms with Gasteiger partial charge < -0.3 is 14.9 Å². The highest BCUT2D eigenvalue weighted by atomic mass is 32.2. The summed E-state index contributed by atoms with van der Waals surface area (Å²) in [4.78, 5) is 11.7. The Morgan fingerprint density at radius 1 is 1.06 bits per heavy atom. The molecule has 0 unspecified atom stereocenters. The number of halogens is 1. The molecular weight excluding hydrogens is 485 g/mol. The highest BCUT2D eigenvalue weighted by Gasteiger charge is 2.28. The Labute approximate surface area is 195 Å². The van der Waals surface area contributed by atoms with E-state index in [0.717, 1.165) is 10.2 Å². The van der Waals surface area contributed by atoms with E-state index in [1.165, 1.54) is 38.1 Å². The molecular formula is C21H22FN5O5S2. The summed E-state index contributed by atoms with van der Waals surface area (Å²) in [5, 5.41) is -0.836. The molecule has 13 heteroatoms. The summed E-state index contributed by atoms with van der Waals surface area (Å²) in [5.74, 6) is -0.422. The van der Waals surface area contributed by atoms with Gasteiger partial charge in [0.25, 0.3) is 0 Å². The molecule has 2 heterocycles. The highest BCUT2D eigenvalue weighted by Crippen LogP contribution is 2.38. The Balaban J connectivity index is 2.06. The standard InChI is InChI=1S/C21H22FN5O5S2/c1-11(2)34(30,31)27-16-9-14(10-17(32-33(4,28)29)20(16)26-21(27)23)19-18(24-12(3)25-19)13-5-7-15(22)8-6-13/h5-11H,1-4H3,(H2,23,26)(H,24,25).